The van der Waals surface area contributed by atoms with Crippen molar-refractivity contribution in [2.24, 2.45) is 0 Å². The summed E-state index contributed by atoms with van der Waals surface area (Å²) in [5, 5.41) is 0. The summed E-state index contributed by atoms with van der Waals surface area (Å²) in [5.41, 5.74) is 2.75. The first kappa shape index (κ1) is 37.7. The number of aryl methyl sites for hydroxylation is 1. The van der Waals surface area contributed by atoms with Crippen molar-refractivity contribution in [2.75, 3.05) is 13.2 Å². The second-order valence-electron chi connectivity index (χ2n) is 11.7. The lowest BCUT2D eigenvalue weighted by atomic mass is 10.00. The minimum Gasteiger partial charge on any atom is -0.449 e. The van der Waals surface area contributed by atoms with Gasteiger partial charge < -0.3 is 14.2 Å². The Kier molecular flexibility index (Phi) is 15.9. The molecule has 3 rings (SSSR count). The molecule has 0 aromatic heterocycles. The van der Waals surface area contributed by atoms with Gasteiger partial charge in [-0.2, -0.15) is 13.2 Å². The minimum atomic E-state index is -4.80. The van der Waals surface area contributed by atoms with Crippen molar-refractivity contribution in [2.45, 2.75) is 103 Å². The molecular formula is C38H46F4O5. The highest BCUT2D eigenvalue weighted by Crippen LogP contribution is 2.29. The fourth-order valence-electron chi connectivity index (χ4n) is 5.18. The van der Waals surface area contributed by atoms with E-state index >= 15 is 0 Å². The van der Waals surface area contributed by atoms with Crippen molar-refractivity contribution in [3.8, 4) is 16.9 Å². The molecule has 0 unspecified atom stereocenters. The van der Waals surface area contributed by atoms with Gasteiger partial charge in [0, 0.05) is 19.3 Å². The van der Waals surface area contributed by atoms with Crippen molar-refractivity contribution < 1.29 is 41.4 Å². The molecular weight excluding hydrogens is 612 g/mol. The Hall–Kier alpha value is -3.72. The number of halogens is 4. The fraction of sp³-hybridized carbons (Fsp3) is 0.474. The van der Waals surface area contributed by atoms with Gasteiger partial charge in [-0.1, -0.05) is 88.3 Å². The van der Waals surface area contributed by atoms with Gasteiger partial charge in [-0.3, -0.25) is 0 Å². The number of hydrogen-bond acceptors (Lipinski definition) is 5. The van der Waals surface area contributed by atoms with E-state index in [9.17, 15) is 27.2 Å². The first-order chi connectivity index (χ1) is 22.6. The third-order valence-electron chi connectivity index (χ3n) is 7.92. The molecule has 0 aliphatic heterocycles. The summed E-state index contributed by atoms with van der Waals surface area (Å²) >= 11 is 0. The van der Waals surface area contributed by atoms with Gasteiger partial charge in [-0.15, -0.1) is 0 Å². The maximum Gasteiger partial charge on any atom is 0.425 e. The summed E-state index contributed by atoms with van der Waals surface area (Å²) in [7, 11) is 0. The van der Waals surface area contributed by atoms with Gasteiger partial charge in [-0.25, -0.2) is 14.0 Å². The van der Waals surface area contributed by atoms with Crippen molar-refractivity contribution in [1.82, 2.24) is 0 Å². The second kappa shape index (κ2) is 19.8. The molecule has 0 bridgehead atoms. The van der Waals surface area contributed by atoms with Crippen LogP contribution in [0.5, 0.6) is 5.75 Å². The Bertz CT molecular complexity index is 1370. The number of ether oxygens (including phenoxy) is 3. The molecule has 0 fully saturated rings. The molecule has 0 aliphatic carbocycles. The molecule has 0 saturated carbocycles. The maximum atomic E-state index is 14.8. The summed E-state index contributed by atoms with van der Waals surface area (Å²) in [4.78, 5) is 25.1. The Morgan fingerprint density at radius 1 is 0.723 bits per heavy atom. The SMILES string of the molecule is CCCCCCCCCc1ccc(-c2ccc(C(=O)Oc3ccc(C(=O)O[C@H](CCCCCOCC)C(F)(F)F)c(F)c3)cc2)cc1. The topological polar surface area (TPSA) is 61.8 Å². The van der Waals surface area contributed by atoms with Crippen LogP contribution in [-0.4, -0.2) is 37.4 Å². The smallest absolute Gasteiger partial charge is 0.425 e. The van der Waals surface area contributed by atoms with Gasteiger partial charge in [0.1, 0.15) is 11.6 Å². The van der Waals surface area contributed by atoms with Gasteiger partial charge in [-0.05, 0) is 80.0 Å². The van der Waals surface area contributed by atoms with E-state index in [1.165, 1.54) is 50.5 Å². The summed E-state index contributed by atoms with van der Waals surface area (Å²) < 4.78 is 70.2. The van der Waals surface area contributed by atoms with Crippen molar-refractivity contribution in [3.63, 3.8) is 0 Å². The molecule has 47 heavy (non-hydrogen) atoms. The predicted molar refractivity (Wildman–Crippen MR) is 175 cm³/mol. The summed E-state index contributed by atoms with van der Waals surface area (Å²) in [6.45, 7) is 5.01. The molecule has 3 aromatic rings. The van der Waals surface area contributed by atoms with Crippen LogP contribution in [0.15, 0.2) is 66.7 Å². The molecule has 0 amide bonds. The van der Waals surface area contributed by atoms with Crippen molar-refractivity contribution >= 4 is 11.9 Å². The van der Waals surface area contributed by atoms with E-state index in [0.29, 0.717) is 26.1 Å². The maximum absolute atomic E-state index is 14.8. The largest absolute Gasteiger partial charge is 0.449 e. The number of unbranched alkanes of at least 4 members (excludes halogenated alkanes) is 8. The van der Waals surface area contributed by atoms with Crippen LogP contribution in [0.2, 0.25) is 0 Å². The minimum absolute atomic E-state index is 0.161. The Morgan fingerprint density at radius 2 is 1.34 bits per heavy atom. The molecule has 0 aliphatic rings. The lowest BCUT2D eigenvalue weighted by Crippen LogP contribution is -2.34. The van der Waals surface area contributed by atoms with E-state index in [4.69, 9.17) is 9.47 Å². The van der Waals surface area contributed by atoms with Gasteiger partial charge in [0.25, 0.3) is 0 Å². The van der Waals surface area contributed by atoms with Crippen LogP contribution in [0, 0.1) is 5.82 Å². The molecule has 1 atom stereocenters. The van der Waals surface area contributed by atoms with E-state index in [1.54, 1.807) is 24.3 Å². The molecule has 0 saturated heterocycles. The number of esters is 2. The van der Waals surface area contributed by atoms with Crippen LogP contribution >= 0.6 is 0 Å². The molecule has 0 N–H and O–H groups in total. The quantitative estimate of drug-likeness (QED) is 0.0523. The van der Waals surface area contributed by atoms with Crippen LogP contribution < -0.4 is 4.74 Å². The number of carbonyl (C=O) groups is 2. The van der Waals surface area contributed by atoms with E-state index in [2.05, 4.69) is 35.9 Å². The highest BCUT2D eigenvalue weighted by atomic mass is 19.4. The van der Waals surface area contributed by atoms with E-state index in [0.717, 1.165) is 35.7 Å². The fourth-order valence-corrected chi connectivity index (χ4v) is 5.18. The molecule has 9 heteroatoms. The van der Waals surface area contributed by atoms with Crippen molar-refractivity contribution in [1.29, 1.82) is 0 Å². The number of rotatable bonds is 20. The molecule has 0 radical (unpaired) electrons. The number of carbonyl (C=O) groups excluding carboxylic acids is 2. The second-order valence-corrected chi connectivity index (χ2v) is 11.7. The van der Waals surface area contributed by atoms with E-state index in [1.807, 2.05) is 6.92 Å². The average molecular weight is 659 g/mol. The highest BCUT2D eigenvalue weighted by molar-refractivity contribution is 5.92. The zero-order valence-electron chi connectivity index (χ0n) is 27.4. The van der Waals surface area contributed by atoms with Crippen molar-refractivity contribution in [3.05, 3.63) is 89.2 Å². The third kappa shape index (κ3) is 13.1. The molecule has 5 nitrogen and oxygen atoms in total. The molecule has 0 spiro atoms. The standard InChI is InChI=1S/C38H46F4O5/c1-3-5-6-7-8-9-11-14-28-16-18-29(19-17-28)30-20-22-31(23-21-30)36(43)46-32-24-25-33(34(39)27-32)37(44)47-35(38(40,41)42)15-12-10-13-26-45-4-2/h16-25,27,35H,3-15,26H2,1-2H3/t35-/m1/s1. The lowest BCUT2D eigenvalue weighted by molar-refractivity contribution is -0.206. The molecule has 256 valence electrons. The summed E-state index contributed by atoms with van der Waals surface area (Å²) in [6.07, 6.45) is 3.54. The predicted octanol–water partition coefficient (Wildman–Crippen LogP) is 10.7. The Labute approximate surface area is 275 Å². The molecule has 0 heterocycles. The molecule has 3 aromatic carbocycles. The van der Waals surface area contributed by atoms with Crippen LogP contribution in [0.1, 0.15) is 111 Å². The van der Waals surface area contributed by atoms with Gasteiger partial charge in [0.05, 0.1) is 11.1 Å². The zero-order valence-corrected chi connectivity index (χ0v) is 27.4. The number of hydrogen-bond donors (Lipinski definition) is 0. The first-order valence-corrected chi connectivity index (χ1v) is 16.7. The third-order valence-corrected chi connectivity index (χ3v) is 7.92. The van der Waals surface area contributed by atoms with Crippen LogP contribution in [0.25, 0.3) is 11.1 Å². The van der Waals surface area contributed by atoms with E-state index in [-0.39, 0.29) is 17.7 Å². The van der Waals surface area contributed by atoms with Gasteiger partial charge in [0.2, 0.25) is 0 Å². The summed E-state index contributed by atoms with van der Waals surface area (Å²) in [5.74, 6) is -3.56. The van der Waals surface area contributed by atoms with Gasteiger partial charge in [0.15, 0.2) is 6.10 Å². The Morgan fingerprint density at radius 3 is 1.96 bits per heavy atom. The monoisotopic (exact) mass is 658 g/mol. The van der Waals surface area contributed by atoms with Crippen LogP contribution in [-0.2, 0) is 15.9 Å². The Balaban J connectivity index is 1.51. The van der Waals surface area contributed by atoms with Gasteiger partial charge >= 0.3 is 18.1 Å². The normalized spacial score (nSPS) is 12.1. The lowest BCUT2D eigenvalue weighted by Gasteiger charge is -2.21. The average Bonchev–Trinajstić information content (AvgIpc) is 3.05. The van der Waals surface area contributed by atoms with E-state index < -0.39 is 42.0 Å². The zero-order chi connectivity index (χ0) is 34.1. The highest BCUT2D eigenvalue weighted by Gasteiger charge is 2.42. The van der Waals surface area contributed by atoms with Crippen LogP contribution in [0.3, 0.4) is 0 Å². The first-order valence-electron chi connectivity index (χ1n) is 16.7. The van der Waals surface area contributed by atoms with Crippen LogP contribution in [0.4, 0.5) is 17.6 Å². The number of alkyl halides is 3. The number of benzene rings is 3. The summed E-state index contributed by atoms with van der Waals surface area (Å²) in [6, 6.07) is 18.0.